The molecule has 1 heterocycles. The maximum absolute atomic E-state index is 9.85. The number of fused-ring (bicyclic) bond motifs is 1. The van der Waals surface area contributed by atoms with Crippen LogP contribution in [0.4, 0.5) is 5.69 Å². The molecule has 18 heavy (non-hydrogen) atoms. The van der Waals surface area contributed by atoms with E-state index in [-0.39, 0.29) is 0 Å². The Morgan fingerprint density at radius 3 is 2.33 bits per heavy atom. The smallest absolute Gasteiger partial charge is 0.179 e. The van der Waals surface area contributed by atoms with Gasteiger partial charge in [-0.3, -0.25) is 4.99 Å². The number of hydrogen-bond donors (Lipinski definition) is 1. The quantitative estimate of drug-likeness (QED) is 0.676. The van der Waals surface area contributed by atoms with Crippen LogP contribution in [0.2, 0.25) is 0 Å². The minimum Gasteiger partial charge on any atom is -0.499 e. The van der Waals surface area contributed by atoms with Gasteiger partial charge in [0.15, 0.2) is 5.06 Å². The summed E-state index contributed by atoms with van der Waals surface area (Å²) in [4.78, 5) is 5.39. The Labute approximate surface area is 109 Å². The maximum atomic E-state index is 9.85. The van der Waals surface area contributed by atoms with E-state index in [9.17, 15) is 5.11 Å². The van der Waals surface area contributed by atoms with E-state index in [4.69, 9.17) is 0 Å². The molecule has 88 valence electrons. The van der Waals surface area contributed by atoms with E-state index < -0.39 is 0 Å². The summed E-state index contributed by atoms with van der Waals surface area (Å²) >= 11 is 1.35. The molecule has 0 fully saturated rings. The molecule has 0 saturated heterocycles. The van der Waals surface area contributed by atoms with Gasteiger partial charge in [-0.05, 0) is 18.2 Å². The first-order valence-corrected chi connectivity index (χ1v) is 6.46. The van der Waals surface area contributed by atoms with E-state index in [1.807, 2.05) is 60.8 Å². The zero-order valence-electron chi connectivity index (χ0n) is 9.58. The molecular formula is C15H11NOS. The highest BCUT2D eigenvalue weighted by Crippen LogP contribution is 2.35. The molecule has 0 bridgehead atoms. The van der Waals surface area contributed by atoms with E-state index in [0.717, 1.165) is 21.3 Å². The van der Waals surface area contributed by atoms with Crippen LogP contribution in [0.1, 0.15) is 4.88 Å². The van der Waals surface area contributed by atoms with Crippen molar-refractivity contribution in [1.29, 1.82) is 0 Å². The van der Waals surface area contributed by atoms with Crippen LogP contribution >= 0.6 is 11.3 Å². The minimum atomic E-state index is 0.347. The first-order valence-electron chi connectivity index (χ1n) is 5.64. The number of thiophene rings is 1. The van der Waals surface area contributed by atoms with E-state index in [1.165, 1.54) is 11.3 Å². The fourth-order valence-corrected chi connectivity index (χ4v) is 2.73. The molecule has 3 rings (SSSR count). The second-order valence-electron chi connectivity index (χ2n) is 3.91. The summed E-state index contributed by atoms with van der Waals surface area (Å²) in [5, 5.41) is 12.1. The number of benzene rings is 2. The van der Waals surface area contributed by atoms with E-state index in [0.29, 0.717) is 5.06 Å². The predicted molar refractivity (Wildman–Crippen MR) is 77.2 cm³/mol. The van der Waals surface area contributed by atoms with Crippen LogP contribution in [0, 0.1) is 0 Å². The first-order chi connectivity index (χ1) is 8.84. The highest BCUT2D eigenvalue weighted by molar-refractivity contribution is 7.17. The van der Waals surface area contributed by atoms with Gasteiger partial charge in [0, 0.05) is 17.0 Å². The number of rotatable bonds is 2. The summed E-state index contributed by atoms with van der Waals surface area (Å²) in [5.41, 5.74) is 0.912. The second-order valence-corrected chi connectivity index (χ2v) is 4.94. The number of aliphatic imine (C=N–C) groups is 1. The molecule has 0 amide bonds. The van der Waals surface area contributed by atoms with Crippen molar-refractivity contribution in [2.24, 2.45) is 4.99 Å². The van der Waals surface area contributed by atoms with Crippen molar-refractivity contribution in [1.82, 2.24) is 0 Å². The van der Waals surface area contributed by atoms with Gasteiger partial charge >= 0.3 is 0 Å². The van der Waals surface area contributed by atoms with Gasteiger partial charge in [-0.1, -0.05) is 47.7 Å². The monoisotopic (exact) mass is 253 g/mol. The average Bonchev–Trinajstić information content (AvgIpc) is 2.75. The van der Waals surface area contributed by atoms with Crippen molar-refractivity contribution in [2.75, 3.05) is 0 Å². The van der Waals surface area contributed by atoms with Crippen LogP contribution in [0.5, 0.6) is 5.06 Å². The van der Waals surface area contributed by atoms with Gasteiger partial charge in [0.05, 0.1) is 10.6 Å². The van der Waals surface area contributed by atoms with Crippen LogP contribution in [-0.2, 0) is 0 Å². The lowest BCUT2D eigenvalue weighted by atomic mass is 10.2. The number of para-hydroxylation sites is 1. The van der Waals surface area contributed by atoms with Crippen LogP contribution in [0.3, 0.4) is 0 Å². The van der Waals surface area contributed by atoms with Crippen molar-refractivity contribution in [3.63, 3.8) is 0 Å². The fraction of sp³-hybridized carbons (Fsp3) is 0. The molecule has 0 spiro atoms. The Hall–Kier alpha value is -2.13. The average molecular weight is 253 g/mol. The molecule has 0 saturated carbocycles. The van der Waals surface area contributed by atoms with Gasteiger partial charge in [0.25, 0.3) is 0 Å². The Kier molecular flexibility index (Phi) is 2.82. The fourth-order valence-electron chi connectivity index (χ4n) is 1.84. The Morgan fingerprint density at radius 1 is 0.889 bits per heavy atom. The van der Waals surface area contributed by atoms with Gasteiger partial charge in [0.1, 0.15) is 0 Å². The van der Waals surface area contributed by atoms with Crippen LogP contribution in [0.15, 0.2) is 59.6 Å². The van der Waals surface area contributed by atoms with Gasteiger partial charge < -0.3 is 5.11 Å². The Bertz CT molecular complexity index is 701. The summed E-state index contributed by atoms with van der Waals surface area (Å²) in [6.45, 7) is 0. The zero-order valence-corrected chi connectivity index (χ0v) is 10.4. The molecule has 3 aromatic rings. The van der Waals surface area contributed by atoms with E-state index >= 15 is 0 Å². The summed E-state index contributed by atoms with van der Waals surface area (Å²) in [5.74, 6) is 0. The molecular weight excluding hydrogens is 242 g/mol. The van der Waals surface area contributed by atoms with Crippen LogP contribution in [0.25, 0.3) is 10.8 Å². The molecule has 0 aliphatic heterocycles. The number of hydrogen-bond acceptors (Lipinski definition) is 3. The molecule has 1 N–H and O–H groups in total. The molecule has 1 aromatic heterocycles. The topological polar surface area (TPSA) is 32.6 Å². The van der Waals surface area contributed by atoms with Gasteiger partial charge in [-0.25, -0.2) is 0 Å². The highest BCUT2D eigenvalue weighted by Gasteiger charge is 2.07. The Morgan fingerprint density at radius 2 is 1.56 bits per heavy atom. The lowest BCUT2D eigenvalue weighted by Crippen LogP contribution is -1.74. The van der Waals surface area contributed by atoms with E-state index in [1.54, 1.807) is 0 Å². The normalized spacial score (nSPS) is 11.3. The second kappa shape index (κ2) is 4.63. The molecule has 2 aromatic carbocycles. The molecule has 0 aliphatic rings. The van der Waals surface area contributed by atoms with E-state index in [2.05, 4.69) is 4.99 Å². The molecule has 0 radical (unpaired) electrons. The van der Waals surface area contributed by atoms with Crippen LogP contribution < -0.4 is 0 Å². The summed E-state index contributed by atoms with van der Waals surface area (Å²) in [6.07, 6.45) is 1.81. The zero-order chi connectivity index (χ0) is 12.4. The van der Waals surface area contributed by atoms with Gasteiger partial charge in [0.2, 0.25) is 0 Å². The minimum absolute atomic E-state index is 0.347. The number of nitrogens with zero attached hydrogens (tertiary/aromatic N) is 1. The summed E-state index contributed by atoms with van der Waals surface area (Å²) in [7, 11) is 0. The molecule has 0 unspecified atom stereocenters. The van der Waals surface area contributed by atoms with Crippen molar-refractivity contribution in [3.05, 3.63) is 59.5 Å². The van der Waals surface area contributed by atoms with Crippen molar-refractivity contribution in [3.8, 4) is 5.06 Å². The standard InChI is InChI=1S/C15H11NOS/c17-15-13-9-5-4-8-12(13)14(18-15)10-16-11-6-2-1-3-7-11/h1-10,17H. The molecule has 2 nitrogen and oxygen atoms in total. The first kappa shape index (κ1) is 11.0. The highest BCUT2D eigenvalue weighted by atomic mass is 32.1. The maximum Gasteiger partial charge on any atom is 0.179 e. The van der Waals surface area contributed by atoms with Crippen molar-refractivity contribution >= 4 is 34.0 Å². The molecule has 0 atom stereocenters. The third-order valence-electron chi connectivity index (χ3n) is 2.72. The van der Waals surface area contributed by atoms with Crippen molar-refractivity contribution in [2.45, 2.75) is 0 Å². The lowest BCUT2D eigenvalue weighted by Gasteiger charge is -1.92. The third-order valence-corrected chi connectivity index (χ3v) is 3.68. The SMILES string of the molecule is Oc1sc(C=Nc2ccccc2)c2ccccc12. The van der Waals surface area contributed by atoms with Gasteiger partial charge in [-0.2, -0.15) is 0 Å². The van der Waals surface area contributed by atoms with Crippen molar-refractivity contribution < 1.29 is 5.11 Å². The lowest BCUT2D eigenvalue weighted by molar-refractivity contribution is 0.496. The molecule has 0 aliphatic carbocycles. The number of aromatic hydroxyl groups is 1. The third kappa shape index (κ3) is 2.00. The van der Waals surface area contributed by atoms with Crippen LogP contribution in [-0.4, -0.2) is 11.3 Å². The molecule has 3 heteroatoms. The summed E-state index contributed by atoms with van der Waals surface area (Å²) in [6, 6.07) is 17.6. The largest absolute Gasteiger partial charge is 0.499 e. The predicted octanol–water partition coefficient (Wildman–Crippen LogP) is 4.36. The van der Waals surface area contributed by atoms with Gasteiger partial charge in [-0.15, -0.1) is 0 Å². The Balaban J connectivity index is 2.03. The summed E-state index contributed by atoms with van der Waals surface area (Å²) < 4.78 is 0.